The van der Waals surface area contributed by atoms with Crippen LogP contribution in [-0.2, 0) is 0 Å². The third kappa shape index (κ3) is 2.99. The highest BCUT2D eigenvalue weighted by atomic mass is 14.9. The highest BCUT2D eigenvalue weighted by Crippen LogP contribution is 2.27. The zero-order valence-electron chi connectivity index (χ0n) is 9.67. The number of rotatable bonds is 4. The third-order valence-electron chi connectivity index (χ3n) is 2.47. The molecule has 2 heteroatoms. The van der Waals surface area contributed by atoms with E-state index in [0.717, 1.165) is 6.54 Å². The Morgan fingerprint density at radius 1 is 1.40 bits per heavy atom. The van der Waals surface area contributed by atoms with E-state index in [1.54, 1.807) is 0 Å². The Labute approximate surface area is 91.9 Å². The maximum atomic E-state index is 8.50. The van der Waals surface area contributed by atoms with Crippen molar-refractivity contribution in [1.29, 1.82) is 5.26 Å². The predicted molar refractivity (Wildman–Crippen MR) is 64.0 cm³/mol. The van der Waals surface area contributed by atoms with Gasteiger partial charge in [-0.1, -0.05) is 32.0 Å². The molecule has 0 aliphatic rings. The van der Waals surface area contributed by atoms with Crippen LogP contribution in [0.15, 0.2) is 18.2 Å². The smallest absolute Gasteiger partial charge is 0.0640 e. The topological polar surface area (TPSA) is 35.8 Å². The molecule has 1 N–H and O–H groups in total. The lowest BCUT2D eigenvalue weighted by Crippen LogP contribution is -2.06. The van der Waals surface area contributed by atoms with E-state index in [4.69, 9.17) is 5.26 Å². The minimum absolute atomic E-state index is 0.509. The number of benzene rings is 1. The van der Waals surface area contributed by atoms with Crippen LogP contribution in [0.3, 0.4) is 0 Å². The second-order valence-corrected chi connectivity index (χ2v) is 4.03. The van der Waals surface area contributed by atoms with Crippen molar-refractivity contribution in [1.82, 2.24) is 0 Å². The summed E-state index contributed by atoms with van der Waals surface area (Å²) in [4.78, 5) is 0. The van der Waals surface area contributed by atoms with Crippen molar-refractivity contribution in [3.63, 3.8) is 0 Å². The van der Waals surface area contributed by atoms with E-state index in [1.807, 2.05) is 0 Å². The van der Waals surface area contributed by atoms with Gasteiger partial charge in [-0.15, -0.1) is 0 Å². The lowest BCUT2D eigenvalue weighted by Gasteiger charge is -2.16. The lowest BCUT2D eigenvalue weighted by atomic mass is 9.98. The van der Waals surface area contributed by atoms with Crippen molar-refractivity contribution in [3.8, 4) is 6.07 Å². The van der Waals surface area contributed by atoms with Crippen LogP contribution in [0.1, 0.15) is 37.3 Å². The summed E-state index contributed by atoms with van der Waals surface area (Å²) < 4.78 is 0. The van der Waals surface area contributed by atoms with Crippen LogP contribution in [0.5, 0.6) is 0 Å². The first-order valence-electron chi connectivity index (χ1n) is 5.37. The monoisotopic (exact) mass is 202 g/mol. The third-order valence-corrected chi connectivity index (χ3v) is 2.47. The van der Waals surface area contributed by atoms with E-state index >= 15 is 0 Å². The van der Waals surface area contributed by atoms with Crippen LogP contribution >= 0.6 is 0 Å². The Morgan fingerprint density at radius 2 is 2.13 bits per heavy atom. The lowest BCUT2D eigenvalue weighted by molar-refractivity contribution is 0.863. The van der Waals surface area contributed by atoms with Crippen LogP contribution in [0.2, 0.25) is 0 Å². The number of anilines is 1. The van der Waals surface area contributed by atoms with Gasteiger partial charge in [0.15, 0.2) is 0 Å². The molecule has 0 radical (unpaired) electrons. The van der Waals surface area contributed by atoms with Crippen molar-refractivity contribution >= 4 is 5.69 Å². The van der Waals surface area contributed by atoms with Gasteiger partial charge in [-0.05, 0) is 24.0 Å². The summed E-state index contributed by atoms with van der Waals surface area (Å²) in [5.74, 6) is 0.509. The highest BCUT2D eigenvalue weighted by Gasteiger charge is 2.07. The molecule has 0 aromatic heterocycles. The van der Waals surface area contributed by atoms with Gasteiger partial charge in [0.1, 0.15) is 0 Å². The molecule has 0 bridgehead atoms. The molecular weight excluding hydrogens is 184 g/mol. The minimum atomic E-state index is 0.509. The number of hydrogen-bond acceptors (Lipinski definition) is 2. The Hall–Kier alpha value is -1.49. The molecule has 80 valence electrons. The van der Waals surface area contributed by atoms with E-state index in [9.17, 15) is 0 Å². The fourth-order valence-electron chi connectivity index (χ4n) is 1.66. The van der Waals surface area contributed by atoms with Crippen molar-refractivity contribution in [2.24, 2.45) is 0 Å². The maximum Gasteiger partial charge on any atom is 0.0640 e. The van der Waals surface area contributed by atoms with Crippen molar-refractivity contribution < 1.29 is 0 Å². The Morgan fingerprint density at radius 3 is 2.73 bits per heavy atom. The molecule has 0 saturated heterocycles. The molecule has 0 amide bonds. The summed E-state index contributed by atoms with van der Waals surface area (Å²) in [5.41, 5.74) is 3.77. The average Bonchev–Trinajstić information content (AvgIpc) is 2.20. The molecule has 2 nitrogen and oxygen atoms in total. The molecule has 1 aromatic rings. The number of para-hydroxylation sites is 1. The number of hydrogen-bond donors (Lipinski definition) is 1. The van der Waals surface area contributed by atoms with Gasteiger partial charge in [0.05, 0.1) is 12.5 Å². The molecule has 1 aromatic carbocycles. The number of nitrogens with one attached hydrogen (secondary N) is 1. The van der Waals surface area contributed by atoms with E-state index in [1.165, 1.54) is 16.8 Å². The zero-order valence-corrected chi connectivity index (χ0v) is 9.67. The number of aryl methyl sites for hydroxylation is 1. The predicted octanol–water partition coefficient (Wildman–Crippen LogP) is 3.44. The van der Waals surface area contributed by atoms with Crippen molar-refractivity contribution in [2.75, 3.05) is 11.9 Å². The Balaban J connectivity index is 2.88. The molecule has 15 heavy (non-hydrogen) atoms. The quantitative estimate of drug-likeness (QED) is 0.759. The van der Waals surface area contributed by atoms with Gasteiger partial charge in [-0.2, -0.15) is 5.26 Å². The van der Waals surface area contributed by atoms with Crippen LogP contribution in [0, 0.1) is 18.3 Å². The van der Waals surface area contributed by atoms with Crippen LogP contribution in [0.4, 0.5) is 5.69 Å². The fourth-order valence-corrected chi connectivity index (χ4v) is 1.66. The van der Waals surface area contributed by atoms with Gasteiger partial charge in [0.25, 0.3) is 0 Å². The van der Waals surface area contributed by atoms with E-state index < -0.39 is 0 Å². The average molecular weight is 202 g/mol. The van der Waals surface area contributed by atoms with Crippen LogP contribution < -0.4 is 5.32 Å². The molecule has 0 atom stereocenters. The van der Waals surface area contributed by atoms with Crippen molar-refractivity contribution in [2.45, 2.75) is 33.1 Å². The fraction of sp³-hybridized carbons (Fsp3) is 0.462. The molecule has 0 heterocycles. The molecule has 0 saturated carbocycles. The minimum Gasteiger partial charge on any atom is -0.384 e. The largest absolute Gasteiger partial charge is 0.384 e. The first kappa shape index (κ1) is 11.6. The first-order chi connectivity index (χ1) is 7.16. The SMILES string of the molecule is Cc1cccc(C(C)C)c1NCCC#N. The van der Waals surface area contributed by atoms with E-state index in [-0.39, 0.29) is 0 Å². The standard InChI is InChI=1S/C13H18N2/c1-10(2)12-7-4-6-11(3)13(12)15-9-5-8-14/h4,6-7,10,15H,5,9H2,1-3H3. The molecule has 1 rings (SSSR count). The first-order valence-corrected chi connectivity index (χ1v) is 5.37. The second kappa shape index (κ2) is 5.41. The second-order valence-electron chi connectivity index (χ2n) is 4.03. The van der Waals surface area contributed by atoms with Crippen molar-refractivity contribution in [3.05, 3.63) is 29.3 Å². The normalized spacial score (nSPS) is 10.1. The van der Waals surface area contributed by atoms with Crippen LogP contribution in [-0.4, -0.2) is 6.54 Å². The molecular formula is C13H18N2. The van der Waals surface area contributed by atoms with Gasteiger partial charge in [0, 0.05) is 12.2 Å². The molecule has 0 aliphatic carbocycles. The van der Waals surface area contributed by atoms with Gasteiger partial charge in [-0.3, -0.25) is 0 Å². The van der Waals surface area contributed by atoms with Gasteiger partial charge >= 0.3 is 0 Å². The summed E-state index contributed by atoms with van der Waals surface area (Å²) in [6.45, 7) is 7.19. The highest BCUT2D eigenvalue weighted by molar-refractivity contribution is 5.58. The Bertz CT molecular complexity index is 361. The molecule has 0 unspecified atom stereocenters. The van der Waals surface area contributed by atoms with E-state index in [0.29, 0.717) is 12.3 Å². The summed E-state index contributed by atoms with van der Waals surface area (Å²) in [6, 6.07) is 8.47. The maximum absolute atomic E-state index is 8.50. The molecule has 0 fully saturated rings. The van der Waals surface area contributed by atoms with E-state index in [2.05, 4.69) is 50.4 Å². The number of nitriles is 1. The Kier molecular flexibility index (Phi) is 4.17. The summed E-state index contributed by atoms with van der Waals surface area (Å²) in [5, 5.41) is 11.8. The zero-order chi connectivity index (χ0) is 11.3. The summed E-state index contributed by atoms with van der Waals surface area (Å²) in [6.07, 6.45) is 0.547. The van der Waals surface area contributed by atoms with Gasteiger partial charge in [-0.25, -0.2) is 0 Å². The van der Waals surface area contributed by atoms with Gasteiger partial charge in [0.2, 0.25) is 0 Å². The summed E-state index contributed by atoms with van der Waals surface area (Å²) >= 11 is 0. The molecule has 0 spiro atoms. The molecule has 0 aliphatic heterocycles. The van der Waals surface area contributed by atoms with Crippen LogP contribution in [0.25, 0.3) is 0 Å². The summed E-state index contributed by atoms with van der Waals surface area (Å²) in [7, 11) is 0. The number of nitrogens with zero attached hydrogens (tertiary/aromatic N) is 1. The van der Waals surface area contributed by atoms with Gasteiger partial charge < -0.3 is 5.32 Å².